The topological polar surface area (TPSA) is 78.9 Å². The molecule has 0 saturated heterocycles. The molecule has 31 heavy (non-hydrogen) atoms. The molecule has 0 bridgehead atoms. The van der Waals surface area contributed by atoms with Crippen molar-refractivity contribution in [3.63, 3.8) is 0 Å². The van der Waals surface area contributed by atoms with Crippen LogP contribution in [-0.2, 0) is 27.7 Å². The summed E-state index contributed by atoms with van der Waals surface area (Å²) in [5.41, 5.74) is 0.915. The average molecular weight is 477 g/mol. The molecule has 0 amide bonds. The van der Waals surface area contributed by atoms with Crippen molar-refractivity contribution in [3.8, 4) is 0 Å². The molecule has 0 aliphatic carbocycles. The van der Waals surface area contributed by atoms with Crippen LogP contribution >= 0.6 is 7.82 Å². The molecule has 0 aromatic heterocycles. The van der Waals surface area contributed by atoms with Crippen LogP contribution < -0.4 is 0 Å². The van der Waals surface area contributed by atoms with Gasteiger partial charge in [0.2, 0.25) is 0 Å². The van der Waals surface area contributed by atoms with E-state index in [1.165, 1.54) is 12.1 Å². The zero-order valence-corrected chi connectivity index (χ0v) is 21.6. The van der Waals surface area contributed by atoms with Gasteiger partial charge in [-0.05, 0) is 43.7 Å². The number of hydrogen-bond acceptors (Lipinski definition) is 6. The highest BCUT2D eigenvalue weighted by Crippen LogP contribution is 2.53. The van der Waals surface area contributed by atoms with Gasteiger partial charge in [0, 0.05) is 0 Å². The Kier molecular flexibility index (Phi) is 13.2. The van der Waals surface area contributed by atoms with Gasteiger partial charge in [0.15, 0.2) is 0 Å². The van der Waals surface area contributed by atoms with E-state index in [0.29, 0.717) is 0 Å². The van der Waals surface area contributed by atoms with Crippen molar-refractivity contribution >= 4 is 17.9 Å². The summed E-state index contributed by atoms with van der Waals surface area (Å²) in [6.07, 6.45) is 7.71. The van der Waals surface area contributed by atoms with Gasteiger partial charge in [0.25, 0.3) is 0 Å². The summed E-state index contributed by atoms with van der Waals surface area (Å²) >= 11 is 0. The summed E-state index contributed by atoms with van der Waals surface area (Å²) in [4.78, 5) is -0.0680. The molecule has 0 aliphatic rings. The average Bonchev–Trinajstić information content (AvgIpc) is 2.74. The molecule has 8 heteroatoms. The fraction of sp³-hybridized carbons (Fsp3) is 0.739. The van der Waals surface area contributed by atoms with Crippen molar-refractivity contribution in [1.82, 2.24) is 0 Å². The number of hydrogen-bond donors (Lipinski definition) is 0. The van der Waals surface area contributed by atoms with Gasteiger partial charge in [0.05, 0.1) is 18.1 Å². The van der Waals surface area contributed by atoms with E-state index in [1.54, 1.807) is 12.1 Å². The predicted molar refractivity (Wildman–Crippen MR) is 126 cm³/mol. The van der Waals surface area contributed by atoms with Crippen molar-refractivity contribution in [1.29, 1.82) is 0 Å². The molecule has 6 nitrogen and oxygen atoms in total. The molecule has 2 atom stereocenters. The van der Waals surface area contributed by atoms with Gasteiger partial charge in [-0.25, -0.2) is 4.57 Å². The minimum atomic E-state index is -4.30. The lowest BCUT2D eigenvalue weighted by Crippen LogP contribution is -2.15. The molecule has 0 spiro atoms. The Labute approximate surface area is 189 Å². The highest BCUT2D eigenvalue weighted by molar-refractivity contribution is 7.90. The standard InChI is InChI=1S/C23H41O6PS/c1-6-10-12-21(8-3)18-27-30(24,28-19-22(9-4)13-11-7-2)29-31(25,26)23-16-14-20(5)15-17-23/h14-17,21-22H,6-13,18-19H2,1-5H3. The first-order valence-electron chi connectivity index (χ1n) is 11.6. The number of aryl methyl sites for hydroxylation is 1. The largest absolute Gasteiger partial charge is 0.489 e. The summed E-state index contributed by atoms with van der Waals surface area (Å²) in [6.45, 7) is 10.4. The lowest BCUT2D eigenvalue weighted by molar-refractivity contribution is 0.117. The van der Waals surface area contributed by atoms with Gasteiger partial charge in [-0.1, -0.05) is 83.9 Å². The summed E-state index contributed by atoms with van der Waals surface area (Å²) in [6, 6.07) is 6.19. The minimum absolute atomic E-state index is 0.0680. The molecule has 1 aromatic carbocycles. The molecule has 1 rings (SSSR count). The lowest BCUT2D eigenvalue weighted by atomic mass is 10.0. The van der Waals surface area contributed by atoms with E-state index in [2.05, 4.69) is 13.8 Å². The monoisotopic (exact) mass is 476 g/mol. The Morgan fingerprint density at radius 3 is 1.68 bits per heavy atom. The van der Waals surface area contributed by atoms with Crippen LogP contribution in [0.15, 0.2) is 29.2 Å². The van der Waals surface area contributed by atoms with Crippen molar-refractivity contribution in [3.05, 3.63) is 29.8 Å². The predicted octanol–water partition coefficient (Wildman–Crippen LogP) is 7.27. The van der Waals surface area contributed by atoms with Crippen LogP contribution in [0.5, 0.6) is 0 Å². The zero-order chi connectivity index (χ0) is 23.3. The van der Waals surface area contributed by atoms with E-state index in [0.717, 1.165) is 56.9 Å². The Balaban J connectivity index is 2.99. The molecule has 0 heterocycles. The number of benzene rings is 1. The van der Waals surface area contributed by atoms with Crippen molar-refractivity contribution in [2.75, 3.05) is 13.2 Å². The maximum absolute atomic E-state index is 13.4. The van der Waals surface area contributed by atoms with E-state index in [1.807, 2.05) is 20.8 Å². The quantitative estimate of drug-likeness (QED) is 0.220. The molecular formula is C23H41O6PS. The number of rotatable bonds is 17. The Bertz CT molecular complexity index is 739. The SMILES string of the molecule is CCCCC(CC)COP(=O)(OCC(CC)CCCC)OS(=O)(=O)c1ccc(C)cc1. The minimum Gasteiger partial charge on any atom is -0.286 e. The number of phosphoric acid groups is 1. The third-order valence-electron chi connectivity index (χ3n) is 5.52. The molecule has 0 saturated carbocycles. The maximum Gasteiger partial charge on any atom is 0.489 e. The molecular weight excluding hydrogens is 435 g/mol. The van der Waals surface area contributed by atoms with Crippen LogP contribution in [0.2, 0.25) is 0 Å². The maximum atomic E-state index is 13.4. The van der Waals surface area contributed by atoms with Gasteiger partial charge in [-0.2, -0.15) is 12.4 Å². The van der Waals surface area contributed by atoms with Crippen LogP contribution in [0, 0.1) is 18.8 Å². The second-order valence-corrected chi connectivity index (χ2v) is 11.6. The molecule has 0 fully saturated rings. The zero-order valence-electron chi connectivity index (χ0n) is 19.8. The van der Waals surface area contributed by atoms with Crippen molar-refractivity contribution in [2.45, 2.75) is 90.9 Å². The lowest BCUT2D eigenvalue weighted by Gasteiger charge is -2.23. The fourth-order valence-electron chi connectivity index (χ4n) is 3.14. The summed E-state index contributed by atoms with van der Waals surface area (Å²) in [5.74, 6) is 0.342. The Morgan fingerprint density at radius 2 is 1.29 bits per heavy atom. The van der Waals surface area contributed by atoms with E-state index in [4.69, 9.17) is 13.0 Å². The van der Waals surface area contributed by atoms with Gasteiger partial charge in [-0.15, -0.1) is 0 Å². The van der Waals surface area contributed by atoms with Crippen LogP contribution in [0.3, 0.4) is 0 Å². The molecule has 180 valence electrons. The molecule has 0 aliphatic heterocycles. The first-order valence-corrected chi connectivity index (χ1v) is 14.5. The summed E-state index contributed by atoms with van der Waals surface area (Å²) in [5, 5.41) is 0. The highest BCUT2D eigenvalue weighted by atomic mass is 32.2. The van der Waals surface area contributed by atoms with Crippen molar-refractivity contribution < 1.29 is 26.0 Å². The van der Waals surface area contributed by atoms with Gasteiger partial charge >= 0.3 is 17.9 Å². The molecule has 2 unspecified atom stereocenters. The number of unbranched alkanes of at least 4 members (excludes halogenated alkanes) is 2. The molecule has 1 aromatic rings. The van der Waals surface area contributed by atoms with Gasteiger partial charge < -0.3 is 0 Å². The first kappa shape index (κ1) is 28.3. The normalized spacial score (nSPS) is 16.0. The third-order valence-corrected chi connectivity index (χ3v) is 8.82. The second kappa shape index (κ2) is 14.4. The Morgan fingerprint density at radius 1 is 0.839 bits per heavy atom. The van der Waals surface area contributed by atoms with Crippen LogP contribution in [-0.4, -0.2) is 21.6 Å². The van der Waals surface area contributed by atoms with E-state index >= 15 is 0 Å². The summed E-state index contributed by atoms with van der Waals surface area (Å²) in [7, 11) is -8.60. The van der Waals surface area contributed by atoms with E-state index in [9.17, 15) is 13.0 Å². The number of phosphoric ester groups is 1. The third kappa shape index (κ3) is 10.6. The molecule has 0 N–H and O–H groups in total. The summed E-state index contributed by atoms with van der Waals surface area (Å²) < 4.78 is 55.3. The van der Waals surface area contributed by atoms with Crippen LogP contribution in [0.25, 0.3) is 0 Å². The second-order valence-electron chi connectivity index (χ2n) is 8.21. The van der Waals surface area contributed by atoms with Gasteiger partial charge in [0.1, 0.15) is 0 Å². The smallest absolute Gasteiger partial charge is 0.286 e. The van der Waals surface area contributed by atoms with E-state index < -0.39 is 17.9 Å². The first-order chi connectivity index (χ1) is 14.7. The molecule has 0 radical (unpaired) electrons. The highest BCUT2D eigenvalue weighted by Gasteiger charge is 2.36. The van der Waals surface area contributed by atoms with E-state index in [-0.39, 0.29) is 29.9 Å². The van der Waals surface area contributed by atoms with Crippen molar-refractivity contribution in [2.24, 2.45) is 11.8 Å². The fourth-order valence-corrected chi connectivity index (χ4v) is 6.12. The van der Waals surface area contributed by atoms with Crippen LogP contribution in [0.4, 0.5) is 0 Å². The van der Waals surface area contributed by atoms with Crippen LogP contribution in [0.1, 0.15) is 84.6 Å². The van der Waals surface area contributed by atoms with Gasteiger partial charge in [-0.3, -0.25) is 9.05 Å². The Hall–Kier alpha value is -0.720.